The van der Waals surface area contributed by atoms with Crippen LogP contribution in [0.4, 0.5) is 0 Å². The van der Waals surface area contributed by atoms with Gasteiger partial charge in [-0.1, -0.05) is 23.2 Å². The normalized spacial score (nSPS) is 10.5. The zero-order chi connectivity index (χ0) is 11.4. The molecule has 0 saturated carbocycles. The van der Waals surface area contributed by atoms with Crippen molar-refractivity contribution in [1.82, 2.24) is 0 Å². The van der Waals surface area contributed by atoms with Crippen LogP contribution >= 0.6 is 23.2 Å². The maximum absolute atomic E-state index is 10.5. The topological polar surface area (TPSA) is 54.4 Å². The first-order chi connectivity index (χ1) is 7.04. The fourth-order valence-electron chi connectivity index (χ4n) is 0.957. The molecule has 1 aromatic carbocycles. The molecule has 0 aliphatic carbocycles. The Morgan fingerprint density at radius 1 is 1.20 bits per heavy atom. The van der Waals surface area contributed by atoms with E-state index in [4.69, 9.17) is 28.3 Å². The summed E-state index contributed by atoms with van der Waals surface area (Å²) >= 11 is 11.5. The molecule has 1 N–H and O–H groups in total. The van der Waals surface area contributed by atoms with Crippen LogP contribution in [0.1, 0.15) is 15.9 Å². The highest BCUT2D eigenvalue weighted by atomic mass is 35.5. The summed E-state index contributed by atoms with van der Waals surface area (Å²) in [4.78, 5) is 20.8. The zero-order valence-corrected chi connectivity index (χ0v) is 8.92. The molecule has 5 heteroatoms. The van der Waals surface area contributed by atoms with Crippen molar-refractivity contribution < 1.29 is 14.7 Å². The molecule has 0 aromatic heterocycles. The molecule has 3 nitrogen and oxygen atoms in total. The highest BCUT2D eigenvalue weighted by Gasteiger charge is 2.04. The predicted octanol–water partition coefficient (Wildman–Crippen LogP) is 2.90. The highest BCUT2D eigenvalue weighted by molar-refractivity contribution is 6.36. The van der Waals surface area contributed by atoms with Crippen LogP contribution in [0.25, 0.3) is 6.08 Å². The molecule has 0 atom stereocenters. The summed E-state index contributed by atoms with van der Waals surface area (Å²) in [5, 5.41) is 8.93. The molecule has 0 fully saturated rings. The van der Waals surface area contributed by atoms with Gasteiger partial charge in [-0.25, -0.2) is 4.79 Å². The third-order valence-electron chi connectivity index (χ3n) is 1.65. The van der Waals surface area contributed by atoms with Gasteiger partial charge >= 0.3 is 5.97 Å². The van der Waals surface area contributed by atoms with Crippen molar-refractivity contribution in [3.8, 4) is 0 Å². The van der Waals surface area contributed by atoms with Crippen LogP contribution in [-0.4, -0.2) is 17.4 Å². The second-order valence-corrected chi connectivity index (χ2v) is 3.50. The van der Waals surface area contributed by atoms with Gasteiger partial charge in [0.15, 0.2) is 6.29 Å². The minimum Gasteiger partial charge on any atom is -0.478 e. The van der Waals surface area contributed by atoms with Gasteiger partial charge in [-0.15, -0.1) is 0 Å². The minimum atomic E-state index is -1.08. The summed E-state index contributed by atoms with van der Waals surface area (Å²) in [5.41, 5.74) is 0.726. The lowest BCUT2D eigenvalue weighted by molar-refractivity contribution is -0.131. The van der Waals surface area contributed by atoms with Crippen LogP contribution in [-0.2, 0) is 4.79 Å². The number of aldehydes is 1. The van der Waals surface area contributed by atoms with Gasteiger partial charge in [-0.3, -0.25) is 4.79 Å². The van der Waals surface area contributed by atoms with Crippen LogP contribution in [0.3, 0.4) is 0 Å². The van der Waals surface area contributed by atoms with E-state index in [1.807, 2.05) is 0 Å². The molecule has 0 spiro atoms. The number of carboxylic acid groups (broad SMARTS) is 1. The number of rotatable bonds is 3. The number of carboxylic acids is 1. The van der Waals surface area contributed by atoms with Gasteiger partial charge in [-0.2, -0.15) is 0 Å². The molecule has 1 aromatic rings. The maximum Gasteiger partial charge on any atom is 0.328 e. The number of hydrogen-bond donors (Lipinski definition) is 1. The van der Waals surface area contributed by atoms with E-state index >= 15 is 0 Å². The lowest BCUT2D eigenvalue weighted by Gasteiger charge is -2.01. The molecule has 0 radical (unpaired) electrons. The van der Waals surface area contributed by atoms with Gasteiger partial charge in [0.05, 0.1) is 5.02 Å². The quantitative estimate of drug-likeness (QED) is 0.657. The molecule has 0 unspecified atom stereocenters. The molecule has 1 rings (SSSR count). The van der Waals surface area contributed by atoms with E-state index in [-0.39, 0.29) is 15.6 Å². The smallest absolute Gasteiger partial charge is 0.328 e. The summed E-state index contributed by atoms with van der Waals surface area (Å²) in [5.74, 6) is -1.08. The van der Waals surface area contributed by atoms with Crippen molar-refractivity contribution in [2.24, 2.45) is 0 Å². The minimum absolute atomic E-state index is 0.236. The Kier molecular flexibility index (Phi) is 3.88. The summed E-state index contributed by atoms with van der Waals surface area (Å²) in [6.45, 7) is 0. The van der Waals surface area contributed by atoms with Crippen molar-refractivity contribution in [3.05, 3.63) is 39.4 Å². The number of carbonyl (C=O) groups excluding carboxylic acids is 1. The first-order valence-electron chi connectivity index (χ1n) is 3.90. The largest absolute Gasteiger partial charge is 0.478 e. The van der Waals surface area contributed by atoms with Crippen LogP contribution in [0, 0.1) is 0 Å². The van der Waals surface area contributed by atoms with Gasteiger partial charge in [0.2, 0.25) is 0 Å². The molecule has 0 aliphatic rings. The van der Waals surface area contributed by atoms with Crippen LogP contribution in [0.2, 0.25) is 10.0 Å². The zero-order valence-electron chi connectivity index (χ0n) is 7.41. The lowest BCUT2D eigenvalue weighted by atomic mass is 10.1. The monoisotopic (exact) mass is 244 g/mol. The van der Waals surface area contributed by atoms with Gasteiger partial charge < -0.3 is 5.11 Å². The van der Waals surface area contributed by atoms with E-state index in [9.17, 15) is 9.59 Å². The first kappa shape index (κ1) is 11.8. The standard InChI is InChI=1S/C10H6Cl2O3/c11-8-4-7(5-13)9(12)3-6(8)1-2-10(14)15/h1-5H,(H,14,15). The first-order valence-corrected chi connectivity index (χ1v) is 4.65. The van der Waals surface area contributed by atoms with E-state index in [1.54, 1.807) is 0 Å². The molecular formula is C10H6Cl2O3. The van der Waals surface area contributed by atoms with Crippen LogP contribution in [0.15, 0.2) is 18.2 Å². The van der Waals surface area contributed by atoms with Gasteiger partial charge in [0.1, 0.15) is 0 Å². The number of halogens is 2. The molecule has 0 aliphatic heterocycles. The van der Waals surface area contributed by atoms with Crippen molar-refractivity contribution in [3.63, 3.8) is 0 Å². The third kappa shape index (κ3) is 3.08. The Bertz CT molecular complexity index is 439. The molecule has 0 saturated heterocycles. The second kappa shape index (κ2) is 4.96. The molecule has 78 valence electrons. The molecule has 0 amide bonds. The fraction of sp³-hybridized carbons (Fsp3) is 0. The Morgan fingerprint density at radius 2 is 1.73 bits per heavy atom. The Hall–Kier alpha value is -1.32. The van der Waals surface area contributed by atoms with Crippen LogP contribution in [0.5, 0.6) is 0 Å². The summed E-state index contributed by atoms with van der Waals surface area (Å²) in [6.07, 6.45) is 2.84. The van der Waals surface area contributed by atoms with Gasteiger partial charge in [0.25, 0.3) is 0 Å². The second-order valence-electron chi connectivity index (χ2n) is 2.68. The highest BCUT2D eigenvalue weighted by Crippen LogP contribution is 2.25. The van der Waals surface area contributed by atoms with E-state index in [0.29, 0.717) is 11.8 Å². The van der Waals surface area contributed by atoms with Crippen LogP contribution < -0.4 is 0 Å². The lowest BCUT2D eigenvalue weighted by Crippen LogP contribution is -1.88. The summed E-state index contributed by atoms with van der Waals surface area (Å²) in [6, 6.07) is 2.82. The number of carbonyl (C=O) groups is 2. The van der Waals surface area contributed by atoms with Crippen molar-refractivity contribution in [1.29, 1.82) is 0 Å². The Labute approximate surface area is 95.9 Å². The van der Waals surface area contributed by atoms with Gasteiger partial charge in [-0.05, 0) is 23.8 Å². The molecular weight excluding hydrogens is 239 g/mol. The number of hydrogen-bond acceptors (Lipinski definition) is 2. The molecule has 0 bridgehead atoms. The van der Waals surface area contributed by atoms with Gasteiger partial charge in [0, 0.05) is 16.7 Å². The summed E-state index contributed by atoms with van der Waals surface area (Å²) < 4.78 is 0. The maximum atomic E-state index is 10.5. The molecule has 15 heavy (non-hydrogen) atoms. The predicted molar refractivity (Wildman–Crippen MR) is 58.5 cm³/mol. The fourth-order valence-corrected chi connectivity index (χ4v) is 1.41. The number of aliphatic carboxylic acids is 1. The van der Waals surface area contributed by atoms with Crippen molar-refractivity contribution >= 4 is 41.5 Å². The number of benzene rings is 1. The Morgan fingerprint density at radius 3 is 2.27 bits per heavy atom. The summed E-state index contributed by atoms with van der Waals surface area (Å²) in [7, 11) is 0. The third-order valence-corrected chi connectivity index (χ3v) is 2.30. The SMILES string of the molecule is O=Cc1cc(Cl)c(C=CC(=O)O)cc1Cl. The van der Waals surface area contributed by atoms with E-state index in [0.717, 1.165) is 6.08 Å². The molecule has 0 heterocycles. The average Bonchev–Trinajstić information content (AvgIpc) is 2.18. The van der Waals surface area contributed by atoms with Crippen molar-refractivity contribution in [2.45, 2.75) is 0 Å². The van der Waals surface area contributed by atoms with E-state index < -0.39 is 5.97 Å². The van der Waals surface area contributed by atoms with Crippen molar-refractivity contribution in [2.75, 3.05) is 0 Å². The average molecular weight is 245 g/mol. The Balaban J connectivity index is 3.16. The van der Waals surface area contributed by atoms with E-state index in [2.05, 4.69) is 0 Å². The van der Waals surface area contributed by atoms with E-state index in [1.165, 1.54) is 18.2 Å².